The first-order valence-corrected chi connectivity index (χ1v) is 8.48. The second kappa shape index (κ2) is 5.36. The molecule has 1 aliphatic rings. The van der Waals surface area contributed by atoms with E-state index in [9.17, 15) is 8.42 Å². The third-order valence-corrected chi connectivity index (χ3v) is 6.96. The number of hydrogen-bond donors (Lipinski definition) is 1. The molecule has 0 unspecified atom stereocenters. The van der Waals surface area contributed by atoms with Gasteiger partial charge in [-0.2, -0.15) is 4.31 Å². The van der Waals surface area contributed by atoms with Crippen molar-refractivity contribution in [2.75, 3.05) is 13.2 Å². The minimum absolute atomic E-state index is 0.0630. The lowest BCUT2D eigenvalue weighted by molar-refractivity contribution is 0.178. The molecule has 1 N–H and O–H groups in total. The summed E-state index contributed by atoms with van der Waals surface area (Å²) in [6.45, 7) is 0.0464. The molecule has 0 saturated heterocycles. The van der Waals surface area contributed by atoms with Crippen LogP contribution in [0.1, 0.15) is 19.3 Å². The Bertz CT molecular complexity index is 481. The monoisotopic (exact) mass is 339 g/mol. The number of sulfonamides is 1. The van der Waals surface area contributed by atoms with Crippen LogP contribution in [0.15, 0.2) is 20.1 Å². The number of aliphatic hydroxyl groups is 1. The molecule has 0 spiro atoms. The lowest BCUT2D eigenvalue weighted by atomic mass is 9.93. The van der Waals surface area contributed by atoms with Crippen molar-refractivity contribution in [3.8, 4) is 0 Å². The summed E-state index contributed by atoms with van der Waals surface area (Å²) in [5, 5.41) is 9.01. The van der Waals surface area contributed by atoms with Crippen LogP contribution in [0.4, 0.5) is 0 Å². The summed E-state index contributed by atoms with van der Waals surface area (Å²) >= 11 is 4.47. The Morgan fingerprint density at radius 2 is 2.18 bits per heavy atom. The normalized spacial score (nSPS) is 17.4. The number of halogens is 1. The third kappa shape index (κ3) is 2.73. The summed E-state index contributed by atoms with van der Waals surface area (Å²) < 4.78 is 27.3. The maximum absolute atomic E-state index is 12.4. The highest BCUT2D eigenvalue weighted by molar-refractivity contribution is 9.11. The molecular formula is C10H14BrNO3S2. The van der Waals surface area contributed by atoms with E-state index in [-0.39, 0.29) is 19.2 Å². The molecular weight excluding hydrogens is 326 g/mol. The highest BCUT2D eigenvalue weighted by atomic mass is 79.9. The van der Waals surface area contributed by atoms with Gasteiger partial charge in [0.2, 0.25) is 0 Å². The van der Waals surface area contributed by atoms with E-state index in [2.05, 4.69) is 15.9 Å². The minimum atomic E-state index is -3.44. The van der Waals surface area contributed by atoms with Crippen molar-refractivity contribution < 1.29 is 13.5 Å². The molecule has 17 heavy (non-hydrogen) atoms. The van der Waals surface area contributed by atoms with Gasteiger partial charge in [-0.1, -0.05) is 6.42 Å². The van der Waals surface area contributed by atoms with Crippen LogP contribution in [0.25, 0.3) is 0 Å². The average Bonchev–Trinajstić information content (AvgIpc) is 2.62. The van der Waals surface area contributed by atoms with Gasteiger partial charge in [-0.15, -0.1) is 11.3 Å². The van der Waals surface area contributed by atoms with E-state index < -0.39 is 10.0 Å². The first-order chi connectivity index (χ1) is 8.05. The maximum atomic E-state index is 12.4. The van der Waals surface area contributed by atoms with Gasteiger partial charge >= 0.3 is 0 Å². The Morgan fingerprint density at radius 1 is 1.47 bits per heavy atom. The van der Waals surface area contributed by atoms with Crippen LogP contribution < -0.4 is 0 Å². The molecule has 1 aromatic rings. The van der Waals surface area contributed by atoms with Gasteiger partial charge in [-0.3, -0.25) is 0 Å². The van der Waals surface area contributed by atoms with E-state index in [1.54, 1.807) is 12.1 Å². The van der Waals surface area contributed by atoms with E-state index in [4.69, 9.17) is 5.11 Å². The Morgan fingerprint density at radius 3 is 2.59 bits per heavy atom. The van der Waals surface area contributed by atoms with Crippen LogP contribution in [-0.2, 0) is 10.0 Å². The summed E-state index contributed by atoms with van der Waals surface area (Å²) in [7, 11) is -3.44. The molecule has 0 aliphatic heterocycles. The van der Waals surface area contributed by atoms with Gasteiger partial charge in [0.05, 0.1) is 10.4 Å². The van der Waals surface area contributed by atoms with E-state index in [0.717, 1.165) is 23.0 Å². The highest BCUT2D eigenvalue weighted by Gasteiger charge is 2.35. The summed E-state index contributed by atoms with van der Waals surface area (Å²) in [5.74, 6) is 0. The second-order valence-corrected chi connectivity index (χ2v) is 8.56. The summed E-state index contributed by atoms with van der Waals surface area (Å²) in [6.07, 6.45) is 2.85. The first-order valence-electron chi connectivity index (χ1n) is 5.44. The Balaban J connectivity index is 2.27. The second-order valence-electron chi connectivity index (χ2n) is 3.98. The Hall–Kier alpha value is 0.0500. The predicted molar refractivity (Wildman–Crippen MR) is 70.6 cm³/mol. The van der Waals surface area contributed by atoms with Crippen molar-refractivity contribution in [2.24, 2.45) is 0 Å². The fourth-order valence-corrected chi connectivity index (χ4v) is 5.64. The fraction of sp³-hybridized carbons (Fsp3) is 0.600. The molecule has 1 fully saturated rings. The van der Waals surface area contributed by atoms with Crippen molar-refractivity contribution in [1.29, 1.82) is 0 Å². The smallest absolute Gasteiger partial charge is 0.252 e. The van der Waals surface area contributed by atoms with Crippen molar-refractivity contribution >= 4 is 37.3 Å². The van der Waals surface area contributed by atoms with Gasteiger partial charge in [0.25, 0.3) is 10.0 Å². The van der Waals surface area contributed by atoms with Gasteiger partial charge in [-0.05, 0) is 40.9 Å². The number of rotatable bonds is 5. The van der Waals surface area contributed by atoms with Crippen molar-refractivity contribution in [3.05, 3.63) is 15.9 Å². The molecule has 0 radical (unpaired) electrons. The van der Waals surface area contributed by atoms with Gasteiger partial charge in [0.1, 0.15) is 4.21 Å². The lowest BCUT2D eigenvalue weighted by Crippen LogP contribution is -2.45. The van der Waals surface area contributed by atoms with Crippen molar-refractivity contribution in [3.63, 3.8) is 0 Å². The van der Waals surface area contributed by atoms with Crippen LogP contribution in [0.5, 0.6) is 0 Å². The molecule has 0 amide bonds. The zero-order valence-corrected chi connectivity index (χ0v) is 12.4. The number of aliphatic hydroxyl groups excluding tert-OH is 1. The van der Waals surface area contributed by atoms with Crippen molar-refractivity contribution in [2.45, 2.75) is 29.5 Å². The average molecular weight is 340 g/mol. The van der Waals surface area contributed by atoms with Crippen molar-refractivity contribution in [1.82, 2.24) is 4.31 Å². The molecule has 2 rings (SSSR count). The summed E-state index contributed by atoms with van der Waals surface area (Å²) in [5.41, 5.74) is 0. The van der Waals surface area contributed by atoms with Gasteiger partial charge in [0.15, 0.2) is 0 Å². The fourth-order valence-electron chi connectivity index (χ4n) is 1.82. The molecule has 1 aliphatic carbocycles. The van der Waals surface area contributed by atoms with Gasteiger partial charge in [-0.25, -0.2) is 8.42 Å². The predicted octanol–water partition coefficient (Wildman–Crippen LogP) is 2.05. The van der Waals surface area contributed by atoms with Gasteiger partial charge < -0.3 is 5.11 Å². The molecule has 0 bridgehead atoms. The van der Waals surface area contributed by atoms with E-state index in [0.29, 0.717) is 4.21 Å². The minimum Gasteiger partial charge on any atom is -0.395 e. The van der Waals surface area contributed by atoms with Gasteiger partial charge in [0, 0.05) is 12.6 Å². The van der Waals surface area contributed by atoms with Crippen LogP contribution in [-0.4, -0.2) is 37.0 Å². The number of nitrogens with zero attached hydrogens (tertiary/aromatic N) is 1. The molecule has 1 aromatic heterocycles. The maximum Gasteiger partial charge on any atom is 0.252 e. The number of thiophene rings is 1. The Labute approximate surface area is 113 Å². The molecule has 7 heteroatoms. The zero-order chi connectivity index (χ0) is 12.5. The van der Waals surface area contributed by atoms with Crippen LogP contribution in [0, 0.1) is 0 Å². The molecule has 1 heterocycles. The SMILES string of the molecule is O=S(=O)(c1ccc(Br)s1)N(CCO)C1CCC1. The molecule has 96 valence electrons. The standard InChI is InChI=1S/C10H14BrNO3S2/c11-9-4-5-10(16-9)17(14,15)12(6-7-13)8-2-1-3-8/h4-5,8,13H,1-3,6-7H2. The summed E-state index contributed by atoms with van der Waals surface area (Å²) in [4.78, 5) is 0. The Kier molecular flexibility index (Phi) is 4.25. The molecule has 0 aromatic carbocycles. The third-order valence-electron chi connectivity index (χ3n) is 2.91. The van der Waals surface area contributed by atoms with Crippen LogP contribution >= 0.6 is 27.3 Å². The molecule has 4 nitrogen and oxygen atoms in total. The topological polar surface area (TPSA) is 57.6 Å². The van der Waals surface area contributed by atoms with E-state index in [1.165, 1.54) is 15.6 Å². The first kappa shape index (κ1) is 13.5. The summed E-state index contributed by atoms with van der Waals surface area (Å²) in [6, 6.07) is 3.40. The van der Waals surface area contributed by atoms with Crippen LogP contribution in [0.3, 0.4) is 0 Å². The van der Waals surface area contributed by atoms with E-state index in [1.807, 2.05) is 0 Å². The lowest BCUT2D eigenvalue weighted by Gasteiger charge is -2.35. The quantitative estimate of drug-likeness (QED) is 0.893. The molecule has 0 atom stereocenters. The van der Waals surface area contributed by atoms with Crippen LogP contribution in [0.2, 0.25) is 0 Å². The largest absolute Gasteiger partial charge is 0.395 e. The van der Waals surface area contributed by atoms with E-state index >= 15 is 0 Å². The molecule has 1 saturated carbocycles. The number of hydrogen-bond acceptors (Lipinski definition) is 4. The zero-order valence-electron chi connectivity index (χ0n) is 9.17. The highest BCUT2D eigenvalue weighted by Crippen LogP contribution is 2.33.